The van der Waals surface area contributed by atoms with Crippen molar-refractivity contribution in [2.24, 2.45) is 0 Å². The topological polar surface area (TPSA) is 61.7 Å². The number of aliphatic hydroxyl groups excluding tert-OH is 2. The van der Waals surface area contributed by atoms with E-state index in [0.717, 1.165) is 11.1 Å². The van der Waals surface area contributed by atoms with Crippen molar-refractivity contribution in [2.75, 3.05) is 13.7 Å². The van der Waals surface area contributed by atoms with E-state index in [1.807, 2.05) is 32.0 Å². The van der Waals surface area contributed by atoms with Gasteiger partial charge in [-0.05, 0) is 32.9 Å². The van der Waals surface area contributed by atoms with Crippen molar-refractivity contribution in [3.05, 3.63) is 29.3 Å². The molecule has 0 aromatic heterocycles. The van der Waals surface area contributed by atoms with Gasteiger partial charge in [-0.25, -0.2) is 0 Å². The van der Waals surface area contributed by atoms with Crippen LogP contribution in [-0.2, 0) is 0 Å². The lowest BCUT2D eigenvalue weighted by atomic mass is 10.00. The number of benzene rings is 1. The lowest BCUT2D eigenvalue weighted by Gasteiger charge is -2.23. The number of hydrogen-bond donors (Lipinski definition) is 3. The largest absolute Gasteiger partial charge is 0.496 e. The summed E-state index contributed by atoms with van der Waals surface area (Å²) >= 11 is 0. The van der Waals surface area contributed by atoms with Gasteiger partial charge in [0, 0.05) is 18.2 Å². The third-order valence-electron chi connectivity index (χ3n) is 2.91. The molecule has 18 heavy (non-hydrogen) atoms. The van der Waals surface area contributed by atoms with Crippen LogP contribution < -0.4 is 10.1 Å². The second kappa shape index (κ2) is 6.73. The monoisotopic (exact) mass is 253 g/mol. The fourth-order valence-electron chi connectivity index (χ4n) is 1.82. The van der Waals surface area contributed by atoms with Crippen LogP contribution in [0.25, 0.3) is 0 Å². The summed E-state index contributed by atoms with van der Waals surface area (Å²) in [5.74, 6) is 0.679. The Morgan fingerprint density at radius 3 is 2.50 bits per heavy atom. The fraction of sp³-hybridized carbons (Fsp3) is 0.571. The highest BCUT2D eigenvalue weighted by atomic mass is 16.5. The van der Waals surface area contributed by atoms with Crippen molar-refractivity contribution < 1.29 is 14.9 Å². The number of rotatable bonds is 6. The lowest BCUT2D eigenvalue weighted by Crippen LogP contribution is -2.36. The minimum Gasteiger partial charge on any atom is -0.496 e. The first kappa shape index (κ1) is 15.0. The summed E-state index contributed by atoms with van der Waals surface area (Å²) < 4.78 is 5.26. The van der Waals surface area contributed by atoms with Crippen molar-refractivity contribution in [3.63, 3.8) is 0 Å². The van der Waals surface area contributed by atoms with E-state index in [2.05, 4.69) is 5.32 Å². The second-order valence-corrected chi connectivity index (χ2v) is 4.74. The molecular formula is C14H23NO3. The Balaban J connectivity index is 2.81. The van der Waals surface area contributed by atoms with E-state index in [9.17, 15) is 10.2 Å². The van der Waals surface area contributed by atoms with Crippen LogP contribution in [0.15, 0.2) is 18.2 Å². The molecule has 3 atom stereocenters. The average molecular weight is 253 g/mol. The van der Waals surface area contributed by atoms with Gasteiger partial charge in [0.15, 0.2) is 0 Å². The van der Waals surface area contributed by atoms with Crippen LogP contribution in [0.1, 0.15) is 31.1 Å². The number of methoxy groups -OCH3 is 1. The molecule has 0 fully saturated rings. The predicted molar refractivity (Wildman–Crippen MR) is 71.8 cm³/mol. The van der Waals surface area contributed by atoms with E-state index in [1.165, 1.54) is 0 Å². The highest BCUT2D eigenvalue weighted by molar-refractivity contribution is 5.39. The summed E-state index contributed by atoms with van der Waals surface area (Å²) in [7, 11) is 1.59. The highest BCUT2D eigenvalue weighted by Crippen LogP contribution is 2.28. The molecule has 0 aliphatic heterocycles. The van der Waals surface area contributed by atoms with E-state index in [0.29, 0.717) is 12.3 Å². The van der Waals surface area contributed by atoms with Gasteiger partial charge in [0.05, 0.1) is 19.3 Å². The van der Waals surface area contributed by atoms with Crippen LogP contribution in [0.2, 0.25) is 0 Å². The Kier molecular flexibility index (Phi) is 5.59. The zero-order valence-corrected chi connectivity index (χ0v) is 11.5. The van der Waals surface area contributed by atoms with Crippen LogP contribution in [-0.4, -0.2) is 36.0 Å². The molecule has 0 aliphatic carbocycles. The van der Waals surface area contributed by atoms with Gasteiger partial charge in [-0.15, -0.1) is 0 Å². The molecule has 3 N–H and O–H groups in total. The molecule has 1 aromatic carbocycles. The molecular weight excluding hydrogens is 230 g/mol. The molecule has 0 saturated heterocycles. The molecule has 0 radical (unpaired) electrons. The maximum atomic E-state index is 10.3. The van der Waals surface area contributed by atoms with E-state index in [4.69, 9.17) is 4.74 Å². The van der Waals surface area contributed by atoms with Gasteiger partial charge in [0.1, 0.15) is 5.75 Å². The van der Waals surface area contributed by atoms with Crippen molar-refractivity contribution in [2.45, 2.75) is 39.0 Å². The Morgan fingerprint density at radius 1 is 1.28 bits per heavy atom. The summed E-state index contributed by atoms with van der Waals surface area (Å²) in [6.45, 7) is 6.02. The van der Waals surface area contributed by atoms with Crippen LogP contribution in [0.5, 0.6) is 5.75 Å². The maximum absolute atomic E-state index is 10.3. The minimum atomic E-state index is -0.668. The lowest BCUT2D eigenvalue weighted by molar-refractivity contribution is 0.118. The van der Waals surface area contributed by atoms with Gasteiger partial charge in [-0.3, -0.25) is 0 Å². The highest BCUT2D eigenvalue weighted by Gasteiger charge is 2.20. The van der Waals surface area contributed by atoms with E-state index >= 15 is 0 Å². The fourth-order valence-corrected chi connectivity index (χ4v) is 1.82. The normalized spacial score (nSPS) is 16.1. The smallest absolute Gasteiger partial charge is 0.124 e. The zero-order valence-electron chi connectivity index (χ0n) is 11.5. The Morgan fingerprint density at radius 2 is 1.94 bits per heavy atom. The van der Waals surface area contributed by atoms with Crippen LogP contribution in [0, 0.1) is 6.92 Å². The number of aryl methyl sites for hydroxylation is 1. The average Bonchev–Trinajstić information content (AvgIpc) is 2.34. The Labute approximate surface area is 109 Å². The van der Waals surface area contributed by atoms with Crippen LogP contribution in [0.4, 0.5) is 0 Å². The molecule has 4 nitrogen and oxygen atoms in total. The number of ether oxygens (including phenoxy) is 1. The van der Waals surface area contributed by atoms with Crippen molar-refractivity contribution in [3.8, 4) is 5.75 Å². The molecule has 0 aliphatic rings. The zero-order chi connectivity index (χ0) is 13.7. The van der Waals surface area contributed by atoms with Gasteiger partial charge in [-0.1, -0.05) is 11.6 Å². The van der Waals surface area contributed by atoms with Gasteiger partial charge in [-0.2, -0.15) is 0 Å². The van der Waals surface area contributed by atoms with E-state index in [-0.39, 0.29) is 6.04 Å². The molecule has 3 unspecified atom stereocenters. The van der Waals surface area contributed by atoms with Gasteiger partial charge >= 0.3 is 0 Å². The molecule has 1 aromatic rings. The van der Waals surface area contributed by atoms with Crippen LogP contribution in [0.3, 0.4) is 0 Å². The predicted octanol–water partition coefficient (Wildman–Crippen LogP) is 1.40. The summed E-state index contributed by atoms with van der Waals surface area (Å²) in [6, 6.07) is 5.57. The van der Waals surface area contributed by atoms with E-state index in [1.54, 1.807) is 14.0 Å². The Hall–Kier alpha value is -1.10. The van der Waals surface area contributed by atoms with Gasteiger partial charge < -0.3 is 20.3 Å². The number of aliphatic hydroxyl groups is 2. The summed E-state index contributed by atoms with van der Waals surface area (Å²) in [5, 5.41) is 22.6. The minimum absolute atomic E-state index is 0.157. The number of nitrogens with one attached hydrogen (secondary N) is 1. The summed E-state index contributed by atoms with van der Waals surface area (Å²) in [6.07, 6.45) is -1.10. The molecule has 0 heterocycles. The standard InChI is InChI=1S/C14H23NO3/c1-9-5-6-13(18-4)12(7-9)14(17)11(3)15-8-10(2)16/h5-7,10-11,14-17H,8H2,1-4H3. The van der Waals surface area contributed by atoms with Crippen molar-refractivity contribution in [1.29, 1.82) is 0 Å². The third kappa shape index (κ3) is 3.98. The van der Waals surface area contributed by atoms with Crippen molar-refractivity contribution in [1.82, 2.24) is 5.32 Å². The van der Waals surface area contributed by atoms with Crippen molar-refractivity contribution >= 4 is 0 Å². The van der Waals surface area contributed by atoms with E-state index < -0.39 is 12.2 Å². The summed E-state index contributed by atoms with van der Waals surface area (Å²) in [5.41, 5.74) is 1.84. The maximum Gasteiger partial charge on any atom is 0.124 e. The molecule has 0 amide bonds. The molecule has 102 valence electrons. The molecule has 0 spiro atoms. The molecule has 0 bridgehead atoms. The number of hydrogen-bond acceptors (Lipinski definition) is 4. The SMILES string of the molecule is COc1ccc(C)cc1C(O)C(C)NCC(C)O. The Bertz CT molecular complexity index is 379. The molecule has 1 rings (SSSR count). The van der Waals surface area contributed by atoms with Crippen LogP contribution >= 0.6 is 0 Å². The molecule has 0 saturated carbocycles. The quantitative estimate of drug-likeness (QED) is 0.717. The van der Waals surface area contributed by atoms with Gasteiger partial charge in [0.25, 0.3) is 0 Å². The first-order valence-corrected chi connectivity index (χ1v) is 6.19. The first-order valence-electron chi connectivity index (χ1n) is 6.19. The first-order chi connectivity index (χ1) is 8.45. The third-order valence-corrected chi connectivity index (χ3v) is 2.91. The van der Waals surface area contributed by atoms with Gasteiger partial charge in [0.2, 0.25) is 0 Å². The second-order valence-electron chi connectivity index (χ2n) is 4.74. The summed E-state index contributed by atoms with van der Waals surface area (Å²) in [4.78, 5) is 0. The molecule has 4 heteroatoms.